The average Bonchev–Trinajstić information content (AvgIpc) is 2.36. The van der Waals surface area contributed by atoms with Crippen LogP contribution in [-0.2, 0) is 0 Å². The van der Waals surface area contributed by atoms with E-state index < -0.39 is 0 Å². The number of hydrogen-bond acceptors (Lipinski definition) is 1. The van der Waals surface area contributed by atoms with E-state index in [4.69, 9.17) is 5.73 Å². The molecule has 1 heteroatoms. The lowest BCUT2D eigenvalue weighted by Crippen LogP contribution is -2.42. The van der Waals surface area contributed by atoms with Crippen molar-refractivity contribution in [3.05, 3.63) is 12.2 Å². The van der Waals surface area contributed by atoms with Gasteiger partial charge >= 0.3 is 0 Å². The van der Waals surface area contributed by atoms with Gasteiger partial charge in [0, 0.05) is 11.0 Å². The molecule has 0 radical (unpaired) electrons. The highest BCUT2D eigenvalue weighted by molar-refractivity contribution is 5.24. The molecule has 1 fully saturated rings. The Kier molecular flexibility index (Phi) is 1.44. The molecule has 0 atom stereocenters. The van der Waals surface area contributed by atoms with Gasteiger partial charge in [-0.25, -0.2) is 0 Å². The molecule has 58 valence electrons. The fourth-order valence-electron chi connectivity index (χ4n) is 1.75. The molecule has 10 heavy (non-hydrogen) atoms. The quantitative estimate of drug-likeness (QED) is 0.582. The summed E-state index contributed by atoms with van der Waals surface area (Å²) in [6.45, 7) is 10.2. The minimum Gasteiger partial charge on any atom is -0.325 e. The van der Waals surface area contributed by atoms with Crippen LogP contribution in [0.3, 0.4) is 0 Å². The summed E-state index contributed by atoms with van der Waals surface area (Å²) in [6.07, 6.45) is 2.46. The minimum absolute atomic E-state index is 0.0706. The molecule has 0 aromatic carbocycles. The SMILES string of the molecule is C=C(C)C1(C(C)(C)N)CC1. The topological polar surface area (TPSA) is 26.0 Å². The van der Waals surface area contributed by atoms with Gasteiger partial charge in [-0.05, 0) is 33.6 Å². The van der Waals surface area contributed by atoms with Gasteiger partial charge in [-0.3, -0.25) is 0 Å². The van der Waals surface area contributed by atoms with Crippen molar-refractivity contribution in [2.24, 2.45) is 11.1 Å². The molecular weight excluding hydrogens is 122 g/mol. The molecule has 1 rings (SSSR count). The first kappa shape index (κ1) is 7.80. The molecule has 2 N–H and O–H groups in total. The summed E-state index contributed by atoms with van der Waals surface area (Å²) in [5, 5.41) is 0. The molecule has 1 aliphatic carbocycles. The second-order valence-electron chi connectivity index (χ2n) is 4.08. The lowest BCUT2D eigenvalue weighted by atomic mass is 9.80. The van der Waals surface area contributed by atoms with E-state index in [1.54, 1.807) is 0 Å². The van der Waals surface area contributed by atoms with Crippen molar-refractivity contribution in [1.82, 2.24) is 0 Å². The molecule has 0 amide bonds. The predicted molar refractivity (Wildman–Crippen MR) is 44.7 cm³/mol. The monoisotopic (exact) mass is 139 g/mol. The van der Waals surface area contributed by atoms with Crippen molar-refractivity contribution in [2.45, 2.75) is 39.2 Å². The second-order valence-corrected chi connectivity index (χ2v) is 4.08. The predicted octanol–water partition coefficient (Wildman–Crippen LogP) is 2.08. The number of hydrogen-bond donors (Lipinski definition) is 1. The third-order valence-corrected chi connectivity index (χ3v) is 2.80. The summed E-state index contributed by atoms with van der Waals surface area (Å²) in [4.78, 5) is 0. The highest BCUT2D eigenvalue weighted by atomic mass is 14.8. The summed E-state index contributed by atoms with van der Waals surface area (Å²) < 4.78 is 0. The molecule has 0 unspecified atom stereocenters. The molecule has 0 aliphatic heterocycles. The van der Waals surface area contributed by atoms with Crippen LogP contribution in [0.25, 0.3) is 0 Å². The first-order valence-electron chi connectivity index (χ1n) is 3.85. The van der Waals surface area contributed by atoms with Crippen molar-refractivity contribution in [2.75, 3.05) is 0 Å². The number of rotatable bonds is 2. The first-order valence-corrected chi connectivity index (χ1v) is 3.85. The minimum atomic E-state index is -0.0706. The summed E-state index contributed by atoms with van der Waals surface area (Å²) in [5.41, 5.74) is 7.47. The second kappa shape index (κ2) is 1.85. The Labute approximate surface area is 63.3 Å². The average molecular weight is 139 g/mol. The summed E-state index contributed by atoms with van der Waals surface area (Å²) in [6, 6.07) is 0. The van der Waals surface area contributed by atoms with Gasteiger partial charge in [0.15, 0.2) is 0 Å². The molecule has 0 aromatic heterocycles. The highest BCUT2D eigenvalue weighted by Crippen LogP contribution is 2.57. The molecule has 0 spiro atoms. The van der Waals surface area contributed by atoms with Crippen LogP contribution in [0.4, 0.5) is 0 Å². The zero-order valence-corrected chi connectivity index (χ0v) is 7.20. The summed E-state index contributed by atoms with van der Waals surface area (Å²) >= 11 is 0. The van der Waals surface area contributed by atoms with Crippen LogP contribution in [0.2, 0.25) is 0 Å². The van der Waals surface area contributed by atoms with Crippen LogP contribution in [-0.4, -0.2) is 5.54 Å². The Hall–Kier alpha value is -0.300. The normalized spacial score (nSPS) is 22.4. The van der Waals surface area contributed by atoms with E-state index in [0.717, 1.165) is 0 Å². The Morgan fingerprint density at radius 3 is 1.90 bits per heavy atom. The third kappa shape index (κ3) is 0.891. The van der Waals surface area contributed by atoms with E-state index in [0.29, 0.717) is 0 Å². The van der Waals surface area contributed by atoms with Gasteiger partial charge in [0.25, 0.3) is 0 Å². The molecule has 1 nitrogen and oxygen atoms in total. The van der Waals surface area contributed by atoms with Crippen molar-refractivity contribution in [3.8, 4) is 0 Å². The molecule has 0 bridgehead atoms. The zero-order chi connectivity index (χ0) is 7.99. The lowest BCUT2D eigenvalue weighted by Gasteiger charge is -2.31. The van der Waals surface area contributed by atoms with Gasteiger partial charge in [-0.1, -0.05) is 12.2 Å². The van der Waals surface area contributed by atoms with E-state index in [1.165, 1.54) is 18.4 Å². The molecular formula is C9H17N. The Morgan fingerprint density at radius 1 is 1.50 bits per heavy atom. The van der Waals surface area contributed by atoms with E-state index >= 15 is 0 Å². The maximum atomic E-state index is 6.02. The summed E-state index contributed by atoms with van der Waals surface area (Å²) in [7, 11) is 0. The van der Waals surface area contributed by atoms with E-state index in [-0.39, 0.29) is 11.0 Å². The number of nitrogens with two attached hydrogens (primary N) is 1. The van der Waals surface area contributed by atoms with Crippen molar-refractivity contribution in [3.63, 3.8) is 0 Å². The zero-order valence-electron chi connectivity index (χ0n) is 7.20. The van der Waals surface area contributed by atoms with Gasteiger partial charge in [-0.2, -0.15) is 0 Å². The lowest BCUT2D eigenvalue weighted by molar-refractivity contribution is 0.345. The van der Waals surface area contributed by atoms with Crippen LogP contribution < -0.4 is 5.73 Å². The molecule has 1 saturated carbocycles. The van der Waals surface area contributed by atoms with Gasteiger partial charge in [0.1, 0.15) is 0 Å². The van der Waals surface area contributed by atoms with Crippen LogP contribution in [0.15, 0.2) is 12.2 Å². The first-order chi connectivity index (χ1) is 4.40. The summed E-state index contributed by atoms with van der Waals surface area (Å²) in [5.74, 6) is 0. The Balaban J connectivity index is 2.80. The fourth-order valence-corrected chi connectivity index (χ4v) is 1.75. The van der Waals surface area contributed by atoms with Crippen LogP contribution in [0.5, 0.6) is 0 Å². The highest BCUT2D eigenvalue weighted by Gasteiger charge is 2.52. The molecule has 0 aromatic rings. The third-order valence-electron chi connectivity index (χ3n) is 2.80. The Morgan fingerprint density at radius 2 is 1.90 bits per heavy atom. The van der Waals surface area contributed by atoms with Crippen molar-refractivity contribution < 1.29 is 0 Å². The van der Waals surface area contributed by atoms with Crippen LogP contribution >= 0.6 is 0 Å². The van der Waals surface area contributed by atoms with Gasteiger partial charge < -0.3 is 5.73 Å². The van der Waals surface area contributed by atoms with Gasteiger partial charge in [0.05, 0.1) is 0 Å². The molecule has 1 aliphatic rings. The molecule has 0 heterocycles. The van der Waals surface area contributed by atoms with E-state index in [2.05, 4.69) is 27.4 Å². The maximum Gasteiger partial charge on any atom is 0.0191 e. The van der Waals surface area contributed by atoms with Crippen LogP contribution in [0, 0.1) is 5.41 Å². The van der Waals surface area contributed by atoms with Crippen LogP contribution in [0.1, 0.15) is 33.6 Å². The standard InChI is InChI=1S/C9H17N/c1-7(2)9(5-6-9)8(3,4)10/h1,5-6,10H2,2-4H3. The van der Waals surface area contributed by atoms with Crippen molar-refractivity contribution in [1.29, 1.82) is 0 Å². The fraction of sp³-hybridized carbons (Fsp3) is 0.778. The van der Waals surface area contributed by atoms with Crippen molar-refractivity contribution >= 4 is 0 Å². The van der Waals surface area contributed by atoms with Gasteiger partial charge in [0.2, 0.25) is 0 Å². The van der Waals surface area contributed by atoms with Gasteiger partial charge in [-0.15, -0.1) is 0 Å². The van der Waals surface area contributed by atoms with E-state index in [1.807, 2.05) is 0 Å². The molecule has 0 saturated heterocycles. The maximum absolute atomic E-state index is 6.02. The Bertz CT molecular complexity index is 158. The van der Waals surface area contributed by atoms with E-state index in [9.17, 15) is 0 Å². The largest absolute Gasteiger partial charge is 0.325 e. The smallest absolute Gasteiger partial charge is 0.0191 e.